The van der Waals surface area contributed by atoms with E-state index >= 15 is 0 Å². The molecule has 0 aromatic carbocycles. The second kappa shape index (κ2) is 6.70. The van der Waals surface area contributed by atoms with Crippen LogP contribution in [0.4, 0.5) is 5.69 Å². The van der Waals surface area contributed by atoms with Crippen LogP contribution in [0, 0.1) is 0 Å². The van der Waals surface area contributed by atoms with Crippen LogP contribution < -0.4 is 10.6 Å². The number of piperidine rings is 1. The quantitative estimate of drug-likeness (QED) is 0.853. The highest BCUT2D eigenvalue weighted by Gasteiger charge is 2.20. The van der Waals surface area contributed by atoms with Gasteiger partial charge in [0.05, 0.1) is 25.4 Å². The molecule has 2 heterocycles. The highest BCUT2D eigenvalue weighted by molar-refractivity contribution is 5.70. The predicted octanol–water partition coefficient (Wildman–Crippen LogP) is 2.02. The molecule has 110 valence electrons. The van der Waals surface area contributed by atoms with Crippen molar-refractivity contribution in [2.75, 3.05) is 18.6 Å². The van der Waals surface area contributed by atoms with E-state index in [4.69, 9.17) is 5.73 Å². The third-order valence-corrected chi connectivity index (χ3v) is 3.92. The van der Waals surface area contributed by atoms with E-state index in [-0.39, 0.29) is 18.4 Å². The zero-order chi connectivity index (χ0) is 14.5. The lowest BCUT2D eigenvalue weighted by Gasteiger charge is -2.35. The largest absolute Gasteiger partial charge is 0.469 e. The number of hydrogen-bond acceptors (Lipinski definition) is 5. The van der Waals surface area contributed by atoms with Crippen molar-refractivity contribution in [3.63, 3.8) is 0 Å². The van der Waals surface area contributed by atoms with Crippen molar-refractivity contribution in [1.82, 2.24) is 4.98 Å². The second-order valence-electron chi connectivity index (χ2n) is 5.40. The molecule has 0 saturated carbocycles. The number of carbonyl (C=O) groups excluding carboxylic acids is 1. The first-order valence-electron chi connectivity index (χ1n) is 7.16. The molecule has 0 unspecified atom stereocenters. The highest BCUT2D eigenvalue weighted by Crippen LogP contribution is 2.26. The Kier molecular flexibility index (Phi) is 4.95. The van der Waals surface area contributed by atoms with Gasteiger partial charge in [-0.25, -0.2) is 0 Å². The minimum Gasteiger partial charge on any atom is -0.469 e. The molecule has 2 N–H and O–H groups in total. The van der Waals surface area contributed by atoms with E-state index in [0.29, 0.717) is 6.04 Å². The topological polar surface area (TPSA) is 68.5 Å². The Morgan fingerprint density at radius 2 is 2.35 bits per heavy atom. The fourth-order valence-corrected chi connectivity index (χ4v) is 2.67. The zero-order valence-electron chi connectivity index (χ0n) is 12.2. The third-order valence-electron chi connectivity index (χ3n) is 3.92. The van der Waals surface area contributed by atoms with Crippen molar-refractivity contribution in [3.05, 3.63) is 24.0 Å². The van der Waals surface area contributed by atoms with Crippen LogP contribution in [0.3, 0.4) is 0 Å². The molecule has 2 rings (SSSR count). The lowest BCUT2D eigenvalue weighted by molar-refractivity contribution is -0.141. The molecule has 5 heteroatoms. The van der Waals surface area contributed by atoms with Crippen molar-refractivity contribution < 1.29 is 9.53 Å². The molecule has 20 heavy (non-hydrogen) atoms. The van der Waals surface area contributed by atoms with Gasteiger partial charge in [0.2, 0.25) is 0 Å². The number of methoxy groups -OCH3 is 1. The first kappa shape index (κ1) is 14.8. The van der Waals surface area contributed by atoms with Crippen LogP contribution in [0.5, 0.6) is 0 Å². The molecule has 2 atom stereocenters. The summed E-state index contributed by atoms with van der Waals surface area (Å²) >= 11 is 0. The summed E-state index contributed by atoms with van der Waals surface area (Å²) in [6.07, 6.45) is 7.48. The first-order chi connectivity index (χ1) is 9.61. The number of nitrogens with zero attached hydrogens (tertiary/aromatic N) is 2. The molecule has 0 spiro atoms. The predicted molar refractivity (Wildman–Crippen MR) is 78.5 cm³/mol. The number of nitrogens with two attached hydrogens (primary N) is 1. The van der Waals surface area contributed by atoms with E-state index in [1.165, 1.54) is 26.4 Å². The molecule has 5 nitrogen and oxygen atoms in total. The van der Waals surface area contributed by atoms with Gasteiger partial charge in [0.15, 0.2) is 0 Å². The second-order valence-corrected chi connectivity index (χ2v) is 5.40. The van der Waals surface area contributed by atoms with Crippen LogP contribution in [0.25, 0.3) is 0 Å². The molecule has 0 aliphatic carbocycles. The number of esters is 1. The Bertz CT molecular complexity index is 464. The van der Waals surface area contributed by atoms with Gasteiger partial charge in [-0.05, 0) is 37.8 Å². The van der Waals surface area contributed by atoms with E-state index in [2.05, 4.69) is 21.5 Å². The zero-order valence-corrected chi connectivity index (χ0v) is 12.2. The fraction of sp³-hybridized carbons (Fsp3) is 0.600. The number of rotatable bonds is 4. The van der Waals surface area contributed by atoms with E-state index in [0.717, 1.165) is 17.8 Å². The van der Waals surface area contributed by atoms with Crippen LogP contribution in [-0.2, 0) is 9.53 Å². The standard InChI is InChI=1S/C15H23N3O2/c1-11-5-3-4-6-18(11)13-7-12(9-17-10-13)14(16)8-15(19)20-2/h7,9-11,14H,3-6,8,16H2,1-2H3/t11-,14-/m0/s1. The molecular formula is C15H23N3O2. The highest BCUT2D eigenvalue weighted by atomic mass is 16.5. The molecule has 0 amide bonds. The number of ether oxygens (including phenoxy) is 1. The Morgan fingerprint density at radius 1 is 1.55 bits per heavy atom. The summed E-state index contributed by atoms with van der Waals surface area (Å²) < 4.78 is 4.66. The Hall–Kier alpha value is -1.62. The van der Waals surface area contributed by atoms with Crippen molar-refractivity contribution in [2.45, 2.75) is 44.7 Å². The average Bonchev–Trinajstić information content (AvgIpc) is 2.47. The molecule has 0 radical (unpaired) electrons. The minimum absolute atomic E-state index is 0.178. The summed E-state index contributed by atoms with van der Waals surface area (Å²) in [6.45, 7) is 3.29. The Morgan fingerprint density at radius 3 is 3.05 bits per heavy atom. The van der Waals surface area contributed by atoms with E-state index in [9.17, 15) is 4.79 Å². The maximum absolute atomic E-state index is 11.3. The van der Waals surface area contributed by atoms with E-state index < -0.39 is 0 Å². The molecule has 1 aliphatic heterocycles. The van der Waals surface area contributed by atoms with Crippen molar-refractivity contribution in [1.29, 1.82) is 0 Å². The fourth-order valence-electron chi connectivity index (χ4n) is 2.67. The van der Waals surface area contributed by atoms with Crippen molar-refractivity contribution in [2.24, 2.45) is 5.73 Å². The maximum atomic E-state index is 11.3. The Labute approximate surface area is 120 Å². The van der Waals surface area contributed by atoms with Gasteiger partial charge < -0.3 is 15.4 Å². The molecule has 1 aromatic rings. The summed E-state index contributed by atoms with van der Waals surface area (Å²) in [5.41, 5.74) is 8.02. The number of anilines is 1. The summed E-state index contributed by atoms with van der Waals surface area (Å²) in [4.78, 5) is 17.9. The van der Waals surface area contributed by atoms with Gasteiger partial charge in [-0.2, -0.15) is 0 Å². The van der Waals surface area contributed by atoms with Crippen molar-refractivity contribution >= 4 is 11.7 Å². The smallest absolute Gasteiger partial charge is 0.307 e. The molecule has 1 fully saturated rings. The Balaban J connectivity index is 2.12. The van der Waals surface area contributed by atoms with Crippen LogP contribution in [0.15, 0.2) is 18.5 Å². The van der Waals surface area contributed by atoms with Gasteiger partial charge in [-0.15, -0.1) is 0 Å². The average molecular weight is 277 g/mol. The van der Waals surface area contributed by atoms with Crippen LogP contribution in [0.2, 0.25) is 0 Å². The summed E-state index contributed by atoms with van der Waals surface area (Å²) in [5.74, 6) is -0.297. The molecule has 1 aromatic heterocycles. The normalized spacial score (nSPS) is 20.6. The third kappa shape index (κ3) is 3.48. The van der Waals surface area contributed by atoms with Gasteiger partial charge >= 0.3 is 5.97 Å². The number of carbonyl (C=O) groups is 1. The summed E-state index contributed by atoms with van der Waals surface area (Å²) in [5, 5.41) is 0. The van der Waals surface area contributed by atoms with Gasteiger partial charge in [-0.1, -0.05) is 0 Å². The number of hydrogen-bond donors (Lipinski definition) is 1. The van der Waals surface area contributed by atoms with Crippen LogP contribution in [-0.4, -0.2) is 30.6 Å². The summed E-state index contributed by atoms with van der Waals surface area (Å²) in [7, 11) is 1.37. The monoisotopic (exact) mass is 277 g/mol. The molecule has 0 bridgehead atoms. The van der Waals surface area contributed by atoms with Gasteiger partial charge in [-0.3, -0.25) is 9.78 Å². The van der Waals surface area contributed by atoms with E-state index in [1.807, 2.05) is 12.3 Å². The van der Waals surface area contributed by atoms with Gasteiger partial charge in [0.1, 0.15) is 0 Å². The first-order valence-corrected chi connectivity index (χ1v) is 7.16. The van der Waals surface area contributed by atoms with Crippen LogP contribution in [0.1, 0.15) is 44.2 Å². The molecular weight excluding hydrogens is 254 g/mol. The molecule has 1 saturated heterocycles. The summed E-state index contributed by atoms with van der Waals surface area (Å²) in [6, 6.07) is 2.20. The lowest BCUT2D eigenvalue weighted by Crippen LogP contribution is -2.37. The van der Waals surface area contributed by atoms with Crippen molar-refractivity contribution in [3.8, 4) is 0 Å². The van der Waals surface area contributed by atoms with Crippen LogP contribution >= 0.6 is 0 Å². The number of pyridine rings is 1. The molecule has 1 aliphatic rings. The van der Waals surface area contributed by atoms with Gasteiger partial charge in [0, 0.05) is 24.8 Å². The number of aromatic nitrogens is 1. The SMILES string of the molecule is COC(=O)C[C@H](N)c1cncc(N2CCCC[C@@H]2C)c1. The van der Waals surface area contributed by atoms with Gasteiger partial charge in [0.25, 0.3) is 0 Å². The van der Waals surface area contributed by atoms with E-state index in [1.54, 1.807) is 6.20 Å². The minimum atomic E-state index is -0.366. The lowest BCUT2D eigenvalue weighted by atomic mass is 10.0. The maximum Gasteiger partial charge on any atom is 0.307 e.